The molecule has 4 rings (SSSR count). The standard InChI is InChI=1S/C27H18F6O2S/c28-26(29,30)19-3-11-23(12-4-19)36(24-13-5-20(6-14-24)27(31,32)33)25-15-9-22(10-16-25)35-17-18-1-7-21(34)8-2-18/h1-16H,17H2/p+1. The lowest BCUT2D eigenvalue weighted by Gasteiger charge is -2.12. The van der Waals surface area contributed by atoms with Gasteiger partial charge in [-0.1, -0.05) is 12.1 Å². The first kappa shape index (κ1) is 25.5. The third-order valence-electron chi connectivity index (χ3n) is 5.24. The van der Waals surface area contributed by atoms with Gasteiger partial charge in [0.05, 0.1) is 22.0 Å². The average Bonchev–Trinajstić information content (AvgIpc) is 2.84. The minimum absolute atomic E-state index is 0.140. The van der Waals surface area contributed by atoms with Gasteiger partial charge in [-0.15, -0.1) is 0 Å². The van der Waals surface area contributed by atoms with Gasteiger partial charge in [-0.25, -0.2) is 0 Å². The van der Waals surface area contributed by atoms with Gasteiger partial charge in [0.25, 0.3) is 0 Å². The minimum atomic E-state index is -4.50. The first-order valence-corrected chi connectivity index (χ1v) is 11.8. The number of alkyl halides is 6. The summed E-state index contributed by atoms with van der Waals surface area (Å²) in [5, 5.41) is 9.37. The summed E-state index contributed by atoms with van der Waals surface area (Å²) in [4.78, 5) is 1.76. The van der Waals surface area contributed by atoms with Gasteiger partial charge in [0.2, 0.25) is 0 Å². The molecule has 0 radical (unpaired) electrons. The summed E-state index contributed by atoms with van der Waals surface area (Å²) in [6.45, 7) is 0.253. The summed E-state index contributed by atoms with van der Waals surface area (Å²) in [5.74, 6) is 0.678. The van der Waals surface area contributed by atoms with Crippen molar-refractivity contribution in [1.82, 2.24) is 0 Å². The molecule has 0 aliphatic carbocycles. The zero-order valence-corrected chi connectivity index (χ0v) is 19.3. The van der Waals surface area contributed by atoms with E-state index < -0.39 is 34.4 Å². The van der Waals surface area contributed by atoms with Crippen LogP contribution in [0.4, 0.5) is 26.3 Å². The Morgan fingerprint density at radius 2 is 0.944 bits per heavy atom. The molecule has 4 aromatic carbocycles. The first-order valence-electron chi connectivity index (χ1n) is 10.6. The van der Waals surface area contributed by atoms with Crippen molar-refractivity contribution in [1.29, 1.82) is 0 Å². The maximum absolute atomic E-state index is 13.1. The molecule has 4 aromatic rings. The number of halogens is 6. The average molecular weight is 522 g/mol. The van der Waals surface area contributed by atoms with Crippen LogP contribution in [0.25, 0.3) is 0 Å². The molecule has 0 saturated heterocycles. The lowest BCUT2D eigenvalue weighted by Crippen LogP contribution is -2.09. The minimum Gasteiger partial charge on any atom is -0.508 e. The van der Waals surface area contributed by atoms with Crippen LogP contribution in [0.5, 0.6) is 11.5 Å². The van der Waals surface area contributed by atoms with Crippen LogP contribution in [-0.4, -0.2) is 5.11 Å². The molecular weight excluding hydrogens is 502 g/mol. The predicted octanol–water partition coefficient (Wildman–Crippen LogP) is 8.10. The highest BCUT2D eigenvalue weighted by atomic mass is 32.2. The van der Waals surface area contributed by atoms with E-state index >= 15 is 0 Å². The third-order valence-corrected chi connectivity index (χ3v) is 7.47. The molecule has 0 saturated carbocycles. The predicted molar refractivity (Wildman–Crippen MR) is 124 cm³/mol. The van der Waals surface area contributed by atoms with Crippen LogP contribution in [0, 0.1) is 0 Å². The molecule has 0 aromatic heterocycles. The summed E-state index contributed by atoms with van der Waals surface area (Å²) in [7, 11) is -0.954. The Balaban J connectivity index is 1.63. The molecule has 0 spiro atoms. The van der Waals surface area contributed by atoms with Gasteiger partial charge < -0.3 is 9.84 Å². The maximum Gasteiger partial charge on any atom is 0.416 e. The number of aromatic hydroxyl groups is 1. The summed E-state index contributed by atoms with van der Waals surface area (Å²) in [6.07, 6.45) is -9.00. The SMILES string of the molecule is Oc1ccc(COc2ccc([S+](c3ccc(C(F)(F)F)cc3)c3ccc(C(F)(F)F)cc3)cc2)cc1. The number of rotatable bonds is 6. The van der Waals surface area contributed by atoms with E-state index in [9.17, 15) is 31.4 Å². The molecular formula is C27H19F6O2S+. The van der Waals surface area contributed by atoms with Crippen LogP contribution >= 0.6 is 0 Å². The number of benzene rings is 4. The lowest BCUT2D eigenvalue weighted by atomic mass is 10.2. The van der Waals surface area contributed by atoms with Gasteiger partial charge in [-0.05, 0) is 90.5 Å². The molecule has 0 aliphatic rings. The highest BCUT2D eigenvalue weighted by molar-refractivity contribution is 7.97. The lowest BCUT2D eigenvalue weighted by molar-refractivity contribution is -0.138. The third kappa shape index (κ3) is 6.15. The van der Waals surface area contributed by atoms with Gasteiger partial charge in [-0.3, -0.25) is 0 Å². The fourth-order valence-electron chi connectivity index (χ4n) is 3.40. The van der Waals surface area contributed by atoms with Gasteiger partial charge in [-0.2, -0.15) is 26.3 Å². The molecule has 0 amide bonds. The molecule has 0 heterocycles. The smallest absolute Gasteiger partial charge is 0.416 e. The van der Waals surface area contributed by atoms with Crippen molar-refractivity contribution in [3.05, 3.63) is 114 Å². The van der Waals surface area contributed by atoms with Gasteiger partial charge in [0.1, 0.15) is 18.1 Å². The van der Waals surface area contributed by atoms with Crippen molar-refractivity contribution in [3.8, 4) is 11.5 Å². The van der Waals surface area contributed by atoms with Crippen molar-refractivity contribution >= 4 is 10.9 Å². The van der Waals surface area contributed by atoms with Crippen LogP contribution in [0.1, 0.15) is 16.7 Å². The van der Waals surface area contributed by atoms with Crippen LogP contribution in [0.15, 0.2) is 112 Å². The number of phenols is 1. The quantitative estimate of drug-likeness (QED) is 0.205. The summed E-state index contributed by atoms with van der Waals surface area (Å²) >= 11 is 0. The number of hydrogen-bond acceptors (Lipinski definition) is 2. The van der Waals surface area contributed by atoms with E-state index in [4.69, 9.17) is 4.74 Å². The molecule has 0 aliphatic heterocycles. The fraction of sp³-hybridized carbons (Fsp3) is 0.111. The fourth-order valence-corrected chi connectivity index (χ4v) is 5.44. The Bertz CT molecular complexity index is 1220. The van der Waals surface area contributed by atoms with E-state index in [2.05, 4.69) is 0 Å². The monoisotopic (exact) mass is 521 g/mol. The molecule has 0 fully saturated rings. The van der Waals surface area contributed by atoms with Crippen LogP contribution < -0.4 is 4.74 Å². The second-order valence-corrected chi connectivity index (χ2v) is 9.80. The highest BCUT2D eigenvalue weighted by Crippen LogP contribution is 2.37. The Hall–Kier alpha value is -3.59. The Labute approximate surface area is 206 Å². The van der Waals surface area contributed by atoms with Gasteiger partial charge in [0, 0.05) is 0 Å². The van der Waals surface area contributed by atoms with E-state index in [0.717, 1.165) is 29.8 Å². The molecule has 186 valence electrons. The van der Waals surface area contributed by atoms with Crippen molar-refractivity contribution < 1.29 is 36.2 Å². The van der Waals surface area contributed by atoms with Crippen molar-refractivity contribution in [3.63, 3.8) is 0 Å². The van der Waals surface area contributed by atoms with Crippen LogP contribution in [0.3, 0.4) is 0 Å². The van der Waals surface area contributed by atoms with Crippen LogP contribution in [-0.2, 0) is 29.9 Å². The first-order chi connectivity index (χ1) is 17.0. The molecule has 0 bridgehead atoms. The Morgan fingerprint density at radius 3 is 1.33 bits per heavy atom. The Morgan fingerprint density at radius 1 is 0.556 bits per heavy atom. The highest BCUT2D eigenvalue weighted by Gasteiger charge is 2.35. The number of phenolic OH excluding ortho intramolecular Hbond substituents is 1. The van der Waals surface area contributed by atoms with E-state index in [1.54, 1.807) is 48.5 Å². The summed E-state index contributed by atoms with van der Waals surface area (Å²) < 4.78 is 84.1. The summed E-state index contributed by atoms with van der Waals surface area (Å²) in [5.41, 5.74) is -0.772. The van der Waals surface area contributed by atoms with E-state index in [1.807, 2.05) is 0 Å². The van der Waals surface area contributed by atoms with E-state index in [0.29, 0.717) is 20.4 Å². The van der Waals surface area contributed by atoms with Crippen molar-refractivity contribution in [2.75, 3.05) is 0 Å². The van der Waals surface area contributed by atoms with Crippen molar-refractivity contribution in [2.24, 2.45) is 0 Å². The van der Waals surface area contributed by atoms with Gasteiger partial charge in [0.15, 0.2) is 14.7 Å². The van der Waals surface area contributed by atoms with Crippen molar-refractivity contribution in [2.45, 2.75) is 33.6 Å². The molecule has 1 N–H and O–H groups in total. The van der Waals surface area contributed by atoms with E-state index in [1.165, 1.54) is 24.3 Å². The Kier molecular flexibility index (Phi) is 7.21. The van der Waals surface area contributed by atoms with E-state index in [-0.39, 0.29) is 12.4 Å². The largest absolute Gasteiger partial charge is 0.508 e. The molecule has 9 heteroatoms. The maximum atomic E-state index is 13.1. The second kappa shape index (κ2) is 10.2. The normalized spacial score (nSPS) is 12.1. The topological polar surface area (TPSA) is 29.5 Å². The molecule has 0 unspecified atom stereocenters. The second-order valence-electron chi connectivity index (χ2n) is 7.78. The molecule has 0 atom stereocenters. The number of hydrogen-bond donors (Lipinski definition) is 1. The molecule has 36 heavy (non-hydrogen) atoms. The van der Waals surface area contributed by atoms with Crippen LogP contribution in [0.2, 0.25) is 0 Å². The zero-order chi connectivity index (χ0) is 25.9. The van der Waals surface area contributed by atoms with Gasteiger partial charge >= 0.3 is 12.4 Å². The number of ether oxygens (including phenoxy) is 1. The molecule has 2 nitrogen and oxygen atoms in total. The summed E-state index contributed by atoms with van der Waals surface area (Å²) in [6, 6.07) is 22.7. The zero-order valence-electron chi connectivity index (χ0n) is 18.5.